The van der Waals surface area contributed by atoms with Crippen molar-refractivity contribution in [2.75, 3.05) is 16.1 Å². The van der Waals surface area contributed by atoms with Crippen molar-refractivity contribution >= 4 is 75.5 Å². The van der Waals surface area contributed by atoms with Gasteiger partial charge in [0.15, 0.2) is 0 Å². The molecular weight excluding hydrogens is 637 g/mol. The second-order valence-corrected chi connectivity index (χ2v) is 14.3. The number of Topliss-reactive ketones (excluding diaryl/α,β-unsaturated/α-hetero) is 1. The maximum Gasteiger partial charge on any atom is 0.321 e. The molecule has 0 saturated heterocycles. The number of benzene rings is 6. The Labute approximate surface area is 272 Å². The first kappa shape index (κ1) is 31.7. The molecular formula is C36H30N2O7S2. The van der Waals surface area contributed by atoms with Crippen molar-refractivity contribution in [1.29, 1.82) is 0 Å². The molecule has 238 valence electrons. The van der Waals surface area contributed by atoms with Crippen LogP contribution in [-0.4, -0.2) is 35.2 Å². The molecule has 47 heavy (non-hydrogen) atoms. The summed E-state index contributed by atoms with van der Waals surface area (Å²) in [6.07, 6.45) is 0. The minimum Gasteiger partial charge on any atom is -0.465 e. The van der Waals surface area contributed by atoms with Gasteiger partial charge in [0.1, 0.15) is 11.7 Å². The van der Waals surface area contributed by atoms with Crippen molar-refractivity contribution in [3.8, 4) is 0 Å². The summed E-state index contributed by atoms with van der Waals surface area (Å²) in [5.74, 6) is -3.07. The zero-order valence-corrected chi connectivity index (χ0v) is 27.1. The zero-order chi connectivity index (χ0) is 33.3. The molecule has 0 spiro atoms. The Morgan fingerprint density at radius 2 is 1.13 bits per heavy atom. The highest BCUT2D eigenvalue weighted by Crippen LogP contribution is 2.40. The van der Waals surface area contributed by atoms with Crippen LogP contribution in [-0.2, 0) is 34.4 Å². The van der Waals surface area contributed by atoms with Crippen molar-refractivity contribution < 1.29 is 31.2 Å². The number of hydrogen-bond acceptors (Lipinski definition) is 7. The van der Waals surface area contributed by atoms with E-state index in [1.165, 1.54) is 31.2 Å². The number of ether oxygens (including phenoxy) is 1. The summed E-state index contributed by atoms with van der Waals surface area (Å²) in [5, 5.41) is 3.73. The monoisotopic (exact) mass is 666 g/mol. The number of sulfonamides is 2. The van der Waals surface area contributed by atoms with Crippen LogP contribution in [0.3, 0.4) is 0 Å². The quantitative estimate of drug-likeness (QED) is 0.119. The van der Waals surface area contributed by atoms with E-state index in [-0.39, 0.29) is 38.7 Å². The van der Waals surface area contributed by atoms with Gasteiger partial charge < -0.3 is 4.74 Å². The fraction of sp³-hybridized carbons (Fsp3) is 0.111. The molecule has 6 rings (SSSR count). The van der Waals surface area contributed by atoms with Crippen molar-refractivity contribution in [3.63, 3.8) is 0 Å². The van der Waals surface area contributed by atoms with Gasteiger partial charge in [0, 0.05) is 16.3 Å². The number of esters is 1. The second kappa shape index (κ2) is 12.5. The van der Waals surface area contributed by atoms with E-state index in [4.69, 9.17) is 4.74 Å². The van der Waals surface area contributed by atoms with Crippen LogP contribution in [0.15, 0.2) is 125 Å². The van der Waals surface area contributed by atoms with E-state index in [0.717, 1.165) is 16.2 Å². The van der Waals surface area contributed by atoms with E-state index in [2.05, 4.69) is 9.44 Å². The maximum atomic E-state index is 13.9. The standard InChI is InChI=1S/C36H30N2O7S2/c1-3-45-36(40)34(23(2)39)32-22-33(37-46(41,42)28-18-16-24-10-4-6-12-26(24)20-28)30-14-8-9-15-31(30)35(32)38-47(43,44)29-19-17-25-11-5-7-13-27(25)21-29/h4-22,34,37-38H,3H2,1-2H3/t34-/m1/s1. The molecule has 0 fully saturated rings. The van der Waals surface area contributed by atoms with Gasteiger partial charge in [-0.25, -0.2) is 16.8 Å². The van der Waals surface area contributed by atoms with Crippen LogP contribution in [0.4, 0.5) is 11.4 Å². The van der Waals surface area contributed by atoms with Gasteiger partial charge in [-0.3, -0.25) is 19.0 Å². The Balaban J connectivity index is 1.54. The summed E-state index contributed by atoms with van der Waals surface area (Å²) in [5.41, 5.74) is -0.0566. The number of nitrogens with one attached hydrogen (secondary N) is 2. The maximum absolute atomic E-state index is 13.9. The number of anilines is 2. The highest BCUT2D eigenvalue weighted by atomic mass is 32.2. The number of carbonyl (C=O) groups excluding carboxylic acids is 2. The number of rotatable bonds is 10. The third-order valence-corrected chi connectivity index (χ3v) is 10.6. The highest BCUT2D eigenvalue weighted by Gasteiger charge is 2.33. The topological polar surface area (TPSA) is 136 Å². The van der Waals surface area contributed by atoms with E-state index >= 15 is 0 Å². The fourth-order valence-electron chi connectivity index (χ4n) is 5.63. The molecule has 0 aliphatic heterocycles. The van der Waals surface area contributed by atoms with Crippen molar-refractivity contribution in [2.45, 2.75) is 29.6 Å². The van der Waals surface area contributed by atoms with Gasteiger partial charge in [0.05, 0.1) is 27.8 Å². The molecule has 0 aliphatic carbocycles. The van der Waals surface area contributed by atoms with Gasteiger partial charge >= 0.3 is 5.97 Å². The average molecular weight is 667 g/mol. The van der Waals surface area contributed by atoms with E-state index < -0.39 is 37.7 Å². The van der Waals surface area contributed by atoms with Crippen molar-refractivity contribution in [1.82, 2.24) is 0 Å². The summed E-state index contributed by atoms with van der Waals surface area (Å²) in [6.45, 7) is 2.75. The number of carbonyl (C=O) groups is 2. The number of hydrogen-bond donors (Lipinski definition) is 2. The lowest BCUT2D eigenvalue weighted by molar-refractivity contribution is -0.147. The van der Waals surface area contributed by atoms with Crippen molar-refractivity contribution in [2.24, 2.45) is 0 Å². The molecule has 0 bridgehead atoms. The van der Waals surface area contributed by atoms with E-state index in [9.17, 15) is 26.4 Å². The highest BCUT2D eigenvalue weighted by molar-refractivity contribution is 7.93. The number of fused-ring (bicyclic) bond motifs is 3. The van der Waals surface area contributed by atoms with Crippen LogP contribution >= 0.6 is 0 Å². The van der Waals surface area contributed by atoms with Crippen LogP contribution in [0.2, 0.25) is 0 Å². The Kier molecular flexibility index (Phi) is 8.43. The van der Waals surface area contributed by atoms with Gasteiger partial charge in [-0.1, -0.05) is 84.9 Å². The summed E-state index contributed by atoms with van der Waals surface area (Å²) in [4.78, 5) is 26.3. The molecule has 0 unspecified atom stereocenters. The molecule has 0 radical (unpaired) electrons. The predicted molar refractivity (Wildman–Crippen MR) is 184 cm³/mol. The predicted octanol–water partition coefficient (Wildman–Crippen LogP) is 6.98. The first-order valence-electron chi connectivity index (χ1n) is 14.7. The number of ketones is 1. The lowest BCUT2D eigenvalue weighted by Crippen LogP contribution is -2.25. The Bertz CT molecular complexity index is 2420. The van der Waals surface area contributed by atoms with Crippen LogP contribution in [0.5, 0.6) is 0 Å². The summed E-state index contributed by atoms with van der Waals surface area (Å²) in [7, 11) is -8.47. The van der Waals surface area contributed by atoms with E-state index in [1.807, 2.05) is 24.3 Å². The normalized spacial score (nSPS) is 12.6. The smallest absolute Gasteiger partial charge is 0.321 e. The van der Waals surface area contributed by atoms with Crippen LogP contribution in [0.25, 0.3) is 32.3 Å². The Morgan fingerprint density at radius 1 is 0.638 bits per heavy atom. The Hall–Kier alpha value is -5.26. The molecule has 9 nitrogen and oxygen atoms in total. The van der Waals surface area contributed by atoms with Gasteiger partial charge in [-0.15, -0.1) is 0 Å². The van der Waals surface area contributed by atoms with Gasteiger partial charge in [-0.2, -0.15) is 0 Å². The molecule has 2 N–H and O–H groups in total. The van der Waals surface area contributed by atoms with Crippen LogP contribution < -0.4 is 9.44 Å². The Morgan fingerprint density at radius 3 is 1.66 bits per heavy atom. The van der Waals surface area contributed by atoms with E-state index in [0.29, 0.717) is 10.8 Å². The second-order valence-electron chi connectivity index (χ2n) is 11.0. The minimum atomic E-state index is -4.28. The first-order chi connectivity index (χ1) is 22.5. The summed E-state index contributed by atoms with van der Waals surface area (Å²) in [6, 6.07) is 31.9. The van der Waals surface area contributed by atoms with Gasteiger partial charge in [-0.05, 0) is 65.7 Å². The molecule has 11 heteroatoms. The molecule has 6 aromatic carbocycles. The minimum absolute atomic E-state index is 0.00331. The molecule has 1 atom stereocenters. The van der Waals surface area contributed by atoms with Gasteiger partial charge in [0.2, 0.25) is 0 Å². The van der Waals surface area contributed by atoms with Crippen LogP contribution in [0, 0.1) is 0 Å². The molecule has 0 amide bonds. The molecule has 0 aromatic heterocycles. The first-order valence-corrected chi connectivity index (χ1v) is 17.7. The molecule has 0 aliphatic rings. The van der Waals surface area contributed by atoms with Gasteiger partial charge in [0.25, 0.3) is 20.0 Å². The zero-order valence-electron chi connectivity index (χ0n) is 25.4. The molecule has 6 aromatic rings. The van der Waals surface area contributed by atoms with Crippen LogP contribution in [0.1, 0.15) is 25.3 Å². The largest absolute Gasteiger partial charge is 0.465 e. The summed E-state index contributed by atoms with van der Waals surface area (Å²) >= 11 is 0. The lowest BCUT2D eigenvalue weighted by atomic mass is 9.90. The molecule has 0 heterocycles. The van der Waals surface area contributed by atoms with Crippen molar-refractivity contribution in [3.05, 3.63) is 121 Å². The lowest BCUT2D eigenvalue weighted by Gasteiger charge is -2.22. The van der Waals surface area contributed by atoms with E-state index in [1.54, 1.807) is 73.7 Å². The fourth-order valence-corrected chi connectivity index (χ4v) is 7.88. The molecule has 0 saturated carbocycles. The third-order valence-electron chi connectivity index (χ3n) is 7.86. The summed E-state index contributed by atoms with van der Waals surface area (Å²) < 4.78 is 65.8. The SMILES string of the molecule is CCOC(=O)[C@H](C(C)=O)c1cc(NS(=O)(=O)c2ccc3ccccc3c2)c2ccccc2c1NS(=O)(=O)c1ccc2ccccc2c1. The third kappa shape index (κ3) is 6.27. The average Bonchev–Trinajstić information content (AvgIpc) is 3.05.